The number of nitrogens with one attached hydrogen (secondary N) is 1. The van der Waals surface area contributed by atoms with Crippen molar-refractivity contribution in [1.29, 1.82) is 0 Å². The molecule has 5 nitrogen and oxygen atoms in total. The maximum Gasteiger partial charge on any atom is 0.328 e. The summed E-state index contributed by atoms with van der Waals surface area (Å²) in [7, 11) is 1.29. The lowest BCUT2D eigenvalue weighted by Crippen LogP contribution is -2.41. The van der Waals surface area contributed by atoms with E-state index >= 15 is 0 Å². The third-order valence-electron chi connectivity index (χ3n) is 2.93. The van der Waals surface area contributed by atoms with E-state index in [0.717, 1.165) is 0 Å². The van der Waals surface area contributed by atoms with Crippen LogP contribution in [0.25, 0.3) is 0 Å². The van der Waals surface area contributed by atoms with Crippen LogP contribution in [0.3, 0.4) is 0 Å². The molecule has 1 N–H and O–H groups in total. The Morgan fingerprint density at radius 2 is 2.05 bits per heavy atom. The molecule has 0 aromatic heterocycles. The summed E-state index contributed by atoms with van der Waals surface area (Å²) in [5, 5.41) is 3.58. The lowest BCUT2D eigenvalue weighted by atomic mass is 10.2. The summed E-state index contributed by atoms with van der Waals surface area (Å²) >= 11 is 11.8. The molecule has 0 aliphatic rings. The van der Waals surface area contributed by atoms with Gasteiger partial charge in [0.25, 0.3) is 0 Å². The number of esters is 1. The third kappa shape index (κ3) is 6.12. The summed E-state index contributed by atoms with van der Waals surface area (Å²) in [6.45, 7) is 2.14. The number of hydrogen-bond acceptors (Lipinski definition) is 4. The quantitative estimate of drug-likeness (QED) is 0.579. The van der Waals surface area contributed by atoms with E-state index in [-0.39, 0.29) is 12.3 Å². The molecule has 0 spiro atoms. The highest BCUT2D eigenvalue weighted by atomic mass is 35.5. The molecule has 0 bridgehead atoms. The first kappa shape index (κ1) is 18.6. The molecule has 22 heavy (non-hydrogen) atoms. The van der Waals surface area contributed by atoms with Gasteiger partial charge in [0.1, 0.15) is 11.8 Å². The molecule has 1 aromatic carbocycles. The van der Waals surface area contributed by atoms with Gasteiger partial charge in [-0.15, -0.1) is 0 Å². The van der Waals surface area contributed by atoms with Gasteiger partial charge in [0.15, 0.2) is 0 Å². The summed E-state index contributed by atoms with van der Waals surface area (Å²) in [4.78, 5) is 23.1. The summed E-state index contributed by atoms with van der Waals surface area (Å²) < 4.78 is 10.1. The molecule has 0 saturated carbocycles. The topological polar surface area (TPSA) is 64.6 Å². The number of ether oxygens (including phenoxy) is 2. The molecule has 7 heteroatoms. The van der Waals surface area contributed by atoms with Crippen LogP contribution in [0.4, 0.5) is 0 Å². The van der Waals surface area contributed by atoms with Crippen LogP contribution in [-0.4, -0.2) is 31.6 Å². The fourth-order valence-electron chi connectivity index (χ4n) is 1.74. The molecule has 0 heterocycles. The maximum absolute atomic E-state index is 11.7. The van der Waals surface area contributed by atoms with Crippen molar-refractivity contribution in [3.63, 3.8) is 0 Å². The van der Waals surface area contributed by atoms with Crippen molar-refractivity contribution in [2.45, 2.75) is 32.2 Å². The Balaban J connectivity index is 2.31. The molecule has 1 atom stereocenters. The van der Waals surface area contributed by atoms with E-state index < -0.39 is 12.0 Å². The SMILES string of the molecule is CCC(NC(=O)CCCOc1ccc(Cl)cc1Cl)C(=O)OC. The van der Waals surface area contributed by atoms with E-state index in [1.54, 1.807) is 25.1 Å². The Labute approximate surface area is 139 Å². The molecule has 0 aliphatic heterocycles. The zero-order chi connectivity index (χ0) is 16.5. The van der Waals surface area contributed by atoms with Crippen LogP contribution in [0.2, 0.25) is 10.0 Å². The molecule has 1 aromatic rings. The second kappa shape index (κ2) is 9.54. The van der Waals surface area contributed by atoms with E-state index in [1.165, 1.54) is 7.11 Å². The van der Waals surface area contributed by atoms with E-state index in [4.69, 9.17) is 27.9 Å². The van der Waals surface area contributed by atoms with E-state index in [0.29, 0.717) is 35.2 Å². The Morgan fingerprint density at radius 1 is 1.32 bits per heavy atom. The average molecular weight is 348 g/mol. The fourth-order valence-corrected chi connectivity index (χ4v) is 2.21. The van der Waals surface area contributed by atoms with Gasteiger partial charge >= 0.3 is 5.97 Å². The molecular formula is C15H19Cl2NO4. The van der Waals surface area contributed by atoms with Crippen LogP contribution >= 0.6 is 23.2 Å². The van der Waals surface area contributed by atoms with Crippen molar-refractivity contribution in [3.05, 3.63) is 28.2 Å². The molecule has 1 amide bonds. The standard InChI is InChI=1S/C15H19Cl2NO4/c1-3-12(15(20)21-2)18-14(19)5-4-8-22-13-7-6-10(16)9-11(13)17/h6-7,9,12H,3-5,8H2,1-2H3,(H,18,19). The van der Waals surface area contributed by atoms with Crippen LogP contribution in [0.15, 0.2) is 18.2 Å². The second-order valence-electron chi connectivity index (χ2n) is 4.58. The van der Waals surface area contributed by atoms with Gasteiger partial charge in [0, 0.05) is 11.4 Å². The van der Waals surface area contributed by atoms with Crippen LogP contribution in [-0.2, 0) is 14.3 Å². The Morgan fingerprint density at radius 3 is 2.64 bits per heavy atom. The highest BCUT2D eigenvalue weighted by Gasteiger charge is 2.18. The van der Waals surface area contributed by atoms with Crippen molar-refractivity contribution in [2.24, 2.45) is 0 Å². The number of halogens is 2. The molecule has 1 rings (SSSR count). The van der Waals surface area contributed by atoms with Crippen LogP contribution in [0.5, 0.6) is 5.75 Å². The van der Waals surface area contributed by atoms with E-state index in [1.807, 2.05) is 0 Å². The average Bonchev–Trinajstić information content (AvgIpc) is 2.50. The van der Waals surface area contributed by atoms with Gasteiger partial charge in [-0.05, 0) is 31.0 Å². The van der Waals surface area contributed by atoms with Gasteiger partial charge in [0.05, 0.1) is 18.7 Å². The van der Waals surface area contributed by atoms with Crippen molar-refractivity contribution in [2.75, 3.05) is 13.7 Å². The first-order valence-electron chi connectivity index (χ1n) is 6.93. The third-order valence-corrected chi connectivity index (χ3v) is 3.46. The summed E-state index contributed by atoms with van der Waals surface area (Å²) in [5.41, 5.74) is 0. The lowest BCUT2D eigenvalue weighted by Gasteiger charge is -2.14. The Bertz CT molecular complexity index is 522. The van der Waals surface area contributed by atoms with Crippen molar-refractivity contribution in [3.8, 4) is 5.75 Å². The molecule has 0 fully saturated rings. The highest BCUT2D eigenvalue weighted by Crippen LogP contribution is 2.27. The number of rotatable bonds is 8. The second-order valence-corrected chi connectivity index (χ2v) is 5.42. The number of hydrogen-bond donors (Lipinski definition) is 1. The van der Waals surface area contributed by atoms with Crippen LogP contribution < -0.4 is 10.1 Å². The van der Waals surface area contributed by atoms with Gasteiger partial charge < -0.3 is 14.8 Å². The normalized spacial score (nSPS) is 11.6. The van der Waals surface area contributed by atoms with Crippen molar-refractivity contribution < 1.29 is 19.1 Å². The summed E-state index contributed by atoms with van der Waals surface area (Å²) in [6.07, 6.45) is 1.23. The minimum absolute atomic E-state index is 0.219. The number of methoxy groups -OCH3 is 1. The smallest absolute Gasteiger partial charge is 0.328 e. The van der Waals surface area contributed by atoms with Gasteiger partial charge in [-0.2, -0.15) is 0 Å². The molecule has 122 valence electrons. The van der Waals surface area contributed by atoms with Gasteiger partial charge in [0.2, 0.25) is 5.91 Å². The highest BCUT2D eigenvalue weighted by molar-refractivity contribution is 6.35. The minimum atomic E-state index is -0.607. The largest absolute Gasteiger partial charge is 0.492 e. The first-order chi connectivity index (χ1) is 10.5. The minimum Gasteiger partial charge on any atom is -0.492 e. The van der Waals surface area contributed by atoms with Gasteiger partial charge in [-0.3, -0.25) is 4.79 Å². The van der Waals surface area contributed by atoms with Crippen molar-refractivity contribution in [1.82, 2.24) is 5.32 Å². The molecule has 0 radical (unpaired) electrons. The lowest BCUT2D eigenvalue weighted by molar-refractivity contribution is -0.145. The van der Waals surface area contributed by atoms with Gasteiger partial charge in [-0.1, -0.05) is 30.1 Å². The Hall–Kier alpha value is -1.46. The first-order valence-corrected chi connectivity index (χ1v) is 7.68. The van der Waals surface area contributed by atoms with Crippen LogP contribution in [0, 0.1) is 0 Å². The van der Waals surface area contributed by atoms with Gasteiger partial charge in [-0.25, -0.2) is 4.79 Å². The molecule has 0 aliphatic carbocycles. The van der Waals surface area contributed by atoms with Crippen molar-refractivity contribution >= 4 is 35.1 Å². The number of amides is 1. The van der Waals surface area contributed by atoms with E-state index in [9.17, 15) is 9.59 Å². The Kier molecular flexibility index (Phi) is 8.06. The number of carbonyl (C=O) groups is 2. The zero-order valence-corrected chi connectivity index (χ0v) is 14.0. The maximum atomic E-state index is 11.7. The summed E-state index contributed by atoms with van der Waals surface area (Å²) in [6, 6.07) is 4.34. The predicted octanol–water partition coefficient (Wildman–Crippen LogP) is 3.22. The monoisotopic (exact) mass is 347 g/mol. The van der Waals surface area contributed by atoms with E-state index in [2.05, 4.69) is 10.1 Å². The predicted molar refractivity (Wildman–Crippen MR) is 85.4 cm³/mol. The van der Waals surface area contributed by atoms with Crippen LogP contribution in [0.1, 0.15) is 26.2 Å². The molecular weight excluding hydrogens is 329 g/mol. The molecule has 0 saturated heterocycles. The number of benzene rings is 1. The fraction of sp³-hybridized carbons (Fsp3) is 0.467. The zero-order valence-electron chi connectivity index (χ0n) is 12.5. The number of carbonyl (C=O) groups excluding carboxylic acids is 2. The molecule has 1 unspecified atom stereocenters. The summed E-state index contributed by atoms with van der Waals surface area (Å²) in [5.74, 6) is -0.143.